The van der Waals surface area contributed by atoms with Gasteiger partial charge in [0.2, 0.25) is 0 Å². The predicted octanol–water partition coefficient (Wildman–Crippen LogP) is 4.73. The summed E-state index contributed by atoms with van der Waals surface area (Å²) in [6, 6.07) is 13.0. The lowest BCUT2D eigenvalue weighted by Gasteiger charge is -2.18. The number of nitrogens with one attached hydrogen (secondary N) is 1. The molecule has 112 valence electrons. The van der Waals surface area contributed by atoms with Crippen molar-refractivity contribution >= 4 is 11.6 Å². The van der Waals surface area contributed by atoms with Crippen molar-refractivity contribution < 1.29 is 9.13 Å². The van der Waals surface area contributed by atoms with Crippen molar-refractivity contribution in [1.82, 2.24) is 5.32 Å². The summed E-state index contributed by atoms with van der Waals surface area (Å²) in [5.41, 5.74) is 2.17. The number of rotatable bonds is 6. The number of hydrogen-bond acceptors (Lipinski definition) is 2. The van der Waals surface area contributed by atoms with Crippen LogP contribution in [-0.4, -0.2) is 7.11 Å². The van der Waals surface area contributed by atoms with Crippen molar-refractivity contribution in [3.63, 3.8) is 0 Å². The Morgan fingerprint density at radius 1 is 1.19 bits per heavy atom. The second kappa shape index (κ2) is 7.43. The molecule has 0 saturated heterocycles. The largest absolute Gasteiger partial charge is 0.497 e. The molecule has 1 unspecified atom stereocenters. The second-order valence-electron chi connectivity index (χ2n) is 4.86. The lowest BCUT2D eigenvalue weighted by molar-refractivity contribution is 0.414. The molecule has 0 saturated carbocycles. The molecule has 1 N–H and O–H groups in total. The Kier molecular flexibility index (Phi) is 5.59. The van der Waals surface area contributed by atoms with E-state index in [9.17, 15) is 4.39 Å². The minimum absolute atomic E-state index is 0.159. The minimum Gasteiger partial charge on any atom is -0.497 e. The minimum atomic E-state index is -0.386. The normalized spacial score (nSPS) is 12.2. The summed E-state index contributed by atoms with van der Waals surface area (Å²) in [7, 11) is 1.66. The molecule has 0 aliphatic heterocycles. The maximum atomic E-state index is 13.1. The molecule has 1 atom stereocenters. The fourth-order valence-corrected chi connectivity index (χ4v) is 2.43. The zero-order valence-corrected chi connectivity index (χ0v) is 13.0. The van der Waals surface area contributed by atoms with Crippen molar-refractivity contribution in [2.24, 2.45) is 0 Å². The van der Waals surface area contributed by atoms with Crippen molar-refractivity contribution in [2.45, 2.75) is 25.9 Å². The first-order chi connectivity index (χ1) is 10.1. The predicted molar refractivity (Wildman–Crippen MR) is 84.3 cm³/mol. The van der Waals surface area contributed by atoms with Crippen molar-refractivity contribution in [3.05, 3.63) is 64.4 Å². The fraction of sp³-hybridized carbons (Fsp3) is 0.294. The van der Waals surface area contributed by atoms with Crippen LogP contribution in [0.1, 0.15) is 30.5 Å². The van der Waals surface area contributed by atoms with Crippen LogP contribution in [0.15, 0.2) is 42.5 Å². The first kappa shape index (κ1) is 15.8. The molecule has 0 aromatic heterocycles. The highest BCUT2D eigenvalue weighted by Crippen LogP contribution is 2.21. The van der Waals surface area contributed by atoms with Gasteiger partial charge in [-0.3, -0.25) is 0 Å². The van der Waals surface area contributed by atoms with Gasteiger partial charge < -0.3 is 10.1 Å². The lowest BCUT2D eigenvalue weighted by atomic mass is 10.0. The van der Waals surface area contributed by atoms with Gasteiger partial charge in [-0.15, -0.1) is 0 Å². The van der Waals surface area contributed by atoms with E-state index < -0.39 is 0 Å². The Balaban J connectivity index is 2.02. The zero-order valence-electron chi connectivity index (χ0n) is 12.2. The number of halogens is 2. The first-order valence-electron chi connectivity index (χ1n) is 6.95. The molecule has 0 aliphatic rings. The molecule has 21 heavy (non-hydrogen) atoms. The number of hydrogen-bond donors (Lipinski definition) is 1. The smallest absolute Gasteiger partial charge is 0.141 e. The van der Waals surface area contributed by atoms with Crippen molar-refractivity contribution in [2.75, 3.05) is 7.11 Å². The third-order valence-electron chi connectivity index (χ3n) is 3.46. The van der Waals surface area contributed by atoms with Gasteiger partial charge in [0, 0.05) is 12.6 Å². The Labute approximate surface area is 129 Å². The number of ether oxygens (including phenoxy) is 1. The average Bonchev–Trinajstić information content (AvgIpc) is 2.52. The molecule has 0 radical (unpaired) electrons. The molecule has 0 amide bonds. The summed E-state index contributed by atoms with van der Waals surface area (Å²) >= 11 is 5.80. The quantitative estimate of drug-likeness (QED) is 0.833. The third-order valence-corrected chi connectivity index (χ3v) is 3.75. The van der Waals surface area contributed by atoms with Crippen LogP contribution in [0.25, 0.3) is 0 Å². The van der Waals surface area contributed by atoms with Gasteiger partial charge in [-0.1, -0.05) is 36.7 Å². The van der Waals surface area contributed by atoms with Crippen LogP contribution in [0.3, 0.4) is 0 Å². The zero-order chi connectivity index (χ0) is 15.2. The SMILES string of the molecule is CCC(NCc1ccc(F)c(Cl)c1)c1ccc(OC)cc1. The molecule has 2 aromatic carbocycles. The highest BCUT2D eigenvalue weighted by atomic mass is 35.5. The molecular formula is C17H19ClFNO. The van der Waals surface area contributed by atoms with Gasteiger partial charge in [0.15, 0.2) is 0 Å². The molecule has 2 rings (SSSR count). The maximum Gasteiger partial charge on any atom is 0.141 e. The molecular weight excluding hydrogens is 289 g/mol. The summed E-state index contributed by atoms with van der Waals surface area (Å²) in [4.78, 5) is 0. The van der Waals surface area contributed by atoms with Gasteiger partial charge in [-0.25, -0.2) is 4.39 Å². The molecule has 0 fully saturated rings. The van der Waals surface area contributed by atoms with E-state index >= 15 is 0 Å². The summed E-state index contributed by atoms with van der Waals surface area (Å²) in [5, 5.41) is 3.62. The van der Waals surface area contributed by atoms with Crippen LogP contribution in [-0.2, 0) is 6.54 Å². The highest BCUT2D eigenvalue weighted by molar-refractivity contribution is 6.30. The fourth-order valence-electron chi connectivity index (χ4n) is 2.22. The van der Waals surface area contributed by atoms with E-state index in [4.69, 9.17) is 16.3 Å². The van der Waals surface area contributed by atoms with E-state index in [0.29, 0.717) is 6.54 Å². The Hall–Kier alpha value is -1.58. The maximum absolute atomic E-state index is 13.1. The van der Waals surface area contributed by atoms with Crippen LogP contribution in [0.5, 0.6) is 5.75 Å². The summed E-state index contributed by atoms with van der Waals surface area (Å²) < 4.78 is 18.3. The molecule has 0 bridgehead atoms. The summed E-state index contributed by atoms with van der Waals surface area (Å²) in [6.45, 7) is 2.77. The van der Waals surface area contributed by atoms with Gasteiger partial charge >= 0.3 is 0 Å². The van der Waals surface area contributed by atoms with Crippen LogP contribution in [0.4, 0.5) is 4.39 Å². The van der Waals surface area contributed by atoms with E-state index in [-0.39, 0.29) is 16.9 Å². The van der Waals surface area contributed by atoms with E-state index in [1.807, 2.05) is 12.1 Å². The lowest BCUT2D eigenvalue weighted by Crippen LogP contribution is -2.20. The van der Waals surface area contributed by atoms with Crippen molar-refractivity contribution in [3.8, 4) is 5.75 Å². The van der Waals surface area contributed by atoms with Crippen LogP contribution in [0.2, 0.25) is 5.02 Å². The second-order valence-corrected chi connectivity index (χ2v) is 5.27. The monoisotopic (exact) mass is 307 g/mol. The van der Waals surface area contributed by atoms with Crippen LogP contribution >= 0.6 is 11.6 Å². The Morgan fingerprint density at radius 2 is 1.90 bits per heavy atom. The number of methoxy groups -OCH3 is 1. The Morgan fingerprint density at radius 3 is 2.48 bits per heavy atom. The topological polar surface area (TPSA) is 21.3 Å². The van der Waals surface area contributed by atoms with E-state index in [1.54, 1.807) is 19.2 Å². The average molecular weight is 308 g/mol. The highest BCUT2D eigenvalue weighted by Gasteiger charge is 2.09. The van der Waals surface area contributed by atoms with Gasteiger partial charge in [-0.2, -0.15) is 0 Å². The van der Waals surface area contributed by atoms with Gasteiger partial charge in [0.25, 0.3) is 0 Å². The molecule has 2 nitrogen and oxygen atoms in total. The van der Waals surface area contributed by atoms with Gasteiger partial charge in [0.1, 0.15) is 11.6 Å². The standard InChI is InChI=1S/C17H19ClFNO/c1-3-17(13-5-7-14(21-2)8-6-13)20-11-12-4-9-16(19)15(18)10-12/h4-10,17,20H,3,11H2,1-2H3. The summed E-state index contributed by atoms with van der Waals surface area (Å²) in [5.74, 6) is 0.460. The van der Waals surface area contributed by atoms with Gasteiger partial charge in [0.05, 0.1) is 12.1 Å². The summed E-state index contributed by atoms with van der Waals surface area (Å²) in [6.07, 6.45) is 0.960. The molecule has 0 spiro atoms. The van der Waals surface area contributed by atoms with E-state index in [1.165, 1.54) is 11.6 Å². The molecule has 0 heterocycles. The number of benzene rings is 2. The van der Waals surface area contributed by atoms with Gasteiger partial charge in [-0.05, 0) is 41.8 Å². The van der Waals surface area contributed by atoms with E-state index in [0.717, 1.165) is 17.7 Å². The van der Waals surface area contributed by atoms with Crippen LogP contribution < -0.4 is 10.1 Å². The first-order valence-corrected chi connectivity index (χ1v) is 7.33. The third kappa shape index (κ3) is 4.19. The molecule has 4 heteroatoms. The molecule has 0 aliphatic carbocycles. The molecule has 2 aromatic rings. The van der Waals surface area contributed by atoms with Crippen LogP contribution in [0, 0.1) is 5.82 Å². The van der Waals surface area contributed by atoms with Crippen molar-refractivity contribution in [1.29, 1.82) is 0 Å². The van der Waals surface area contributed by atoms with E-state index in [2.05, 4.69) is 24.4 Å². The Bertz CT molecular complexity index is 586.